The van der Waals surface area contributed by atoms with Crippen LogP contribution in [0, 0.1) is 6.92 Å². The highest BCUT2D eigenvalue weighted by Gasteiger charge is 2.21. The molecular formula is C20H16N4OS. The number of aryl methyl sites for hydroxylation is 1. The Morgan fingerprint density at radius 2 is 1.88 bits per heavy atom. The van der Waals surface area contributed by atoms with Gasteiger partial charge in [0, 0.05) is 17.3 Å². The monoisotopic (exact) mass is 360 g/mol. The van der Waals surface area contributed by atoms with E-state index >= 15 is 0 Å². The van der Waals surface area contributed by atoms with E-state index in [2.05, 4.69) is 16.7 Å². The fourth-order valence-electron chi connectivity index (χ4n) is 2.86. The van der Waals surface area contributed by atoms with Gasteiger partial charge in [0.1, 0.15) is 11.4 Å². The SMILES string of the molecule is Cc1cccc(-c2nn(-c3ccccc3)cc2/C=C2\NC(=S)NC2=O)c1. The zero-order chi connectivity index (χ0) is 18.1. The first-order valence-electron chi connectivity index (χ1n) is 8.16. The van der Waals surface area contributed by atoms with Crippen LogP contribution >= 0.6 is 12.2 Å². The Morgan fingerprint density at radius 3 is 2.58 bits per heavy atom. The molecule has 1 aromatic heterocycles. The van der Waals surface area contributed by atoms with Crippen LogP contribution in [-0.2, 0) is 4.79 Å². The average Bonchev–Trinajstić information content (AvgIpc) is 3.19. The summed E-state index contributed by atoms with van der Waals surface area (Å²) in [5.41, 5.74) is 5.14. The molecule has 0 spiro atoms. The molecular weight excluding hydrogens is 344 g/mol. The van der Waals surface area contributed by atoms with Crippen LogP contribution in [0.4, 0.5) is 0 Å². The number of amides is 1. The molecule has 1 aliphatic rings. The number of rotatable bonds is 3. The van der Waals surface area contributed by atoms with Crippen LogP contribution in [0.2, 0.25) is 0 Å². The highest BCUT2D eigenvalue weighted by Crippen LogP contribution is 2.26. The first kappa shape index (κ1) is 16.2. The summed E-state index contributed by atoms with van der Waals surface area (Å²) < 4.78 is 1.81. The highest BCUT2D eigenvalue weighted by molar-refractivity contribution is 7.80. The lowest BCUT2D eigenvalue weighted by atomic mass is 10.1. The Kier molecular flexibility index (Phi) is 4.10. The van der Waals surface area contributed by atoms with E-state index in [0.29, 0.717) is 10.8 Å². The standard InChI is InChI=1S/C20H16N4OS/c1-13-6-5-7-14(10-13)18-15(11-17-19(25)22-20(26)21-17)12-24(23-18)16-8-3-2-4-9-16/h2-12H,1H3,(H2,21,22,25,26)/b17-11-. The predicted octanol–water partition coefficient (Wildman–Crippen LogP) is 3.19. The number of carbonyl (C=O) groups excluding carboxylic acids is 1. The van der Waals surface area contributed by atoms with Gasteiger partial charge in [0.25, 0.3) is 5.91 Å². The molecule has 1 aliphatic heterocycles. The zero-order valence-corrected chi connectivity index (χ0v) is 14.9. The third-order valence-corrected chi connectivity index (χ3v) is 4.28. The molecule has 1 fully saturated rings. The van der Waals surface area contributed by atoms with Crippen molar-refractivity contribution in [1.29, 1.82) is 0 Å². The van der Waals surface area contributed by atoms with E-state index in [-0.39, 0.29) is 5.91 Å². The number of hydrogen-bond donors (Lipinski definition) is 2. The van der Waals surface area contributed by atoms with Crippen LogP contribution in [0.1, 0.15) is 11.1 Å². The minimum Gasteiger partial charge on any atom is -0.328 e. The lowest BCUT2D eigenvalue weighted by Crippen LogP contribution is -2.21. The number of thiocarbonyl (C=S) groups is 1. The Bertz CT molecular complexity index is 1040. The molecule has 0 bridgehead atoms. The second kappa shape index (κ2) is 6.57. The maximum Gasteiger partial charge on any atom is 0.273 e. The number of aromatic nitrogens is 2. The minimum absolute atomic E-state index is 0.238. The third kappa shape index (κ3) is 3.14. The van der Waals surface area contributed by atoms with Crippen molar-refractivity contribution in [3.63, 3.8) is 0 Å². The van der Waals surface area contributed by atoms with Gasteiger partial charge in [0.05, 0.1) is 5.69 Å². The molecule has 0 radical (unpaired) electrons. The first-order chi connectivity index (χ1) is 12.6. The number of hydrogen-bond acceptors (Lipinski definition) is 3. The van der Waals surface area contributed by atoms with Crippen molar-refractivity contribution < 1.29 is 4.79 Å². The molecule has 2 heterocycles. The van der Waals surface area contributed by atoms with E-state index in [0.717, 1.165) is 28.1 Å². The van der Waals surface area contributed by atoms with Gasteiger partial charge < -0.3 is 5.32 Å². The second-order valence-corrected chi connectivity index (χ2v) is 6.46. The van der Waals surface area contributed by atoms with Crippen LogP contribution in [0.3, 0.4) is 0 Å². The van der Waals surface area contributed by atoms with Crippen molar-refractivity contribution in [1.82, 2.24) is 20.4 Å². The zero-order valence-electron chi connectivity index (χ0n) is 14.1. The van der Waals surface area contributed by atoms with E-state index in [1.54, 1.807) is 6.08 Å². The van der Waals surface area contributed by atoms with Crippen molar-refractivity contribution in [2.45, 2.75) is 6.92 Å². The smallest absolute Gasteiger partial charge is 0.273 e. The molecule has 3 aromatic rings. The van der Waals surface area contributed by atoms with Gasteiger partial charge in [-0.3, -0.25) is 10.1 Å². The molecule has 0 aliphatic carbocycles. The molecule has 1 saturated heterocycles. The summed E-state index contributed by atoms with van der Waals surface area (Å²) in [7, 11) is 0. The molecule has 2 N–H and O–H groups in total. The van der Waals surface area contributed by atoms with E-state index in [9.17, 15) is 4.79 Å². The fraction of sp³-hybridized carbons (Fsp3) is 0.0500. The van der Waals surface area contributed by atoms with E-state index < -0.39 is 0 Å². The van der Waals surface area contributed by atoms with Crippen molar-refractivity contribution >= 4 is 29.3 Å². The van der Waals surface area contributed by atoms with Crippen LogP contribution in [0.15, 0.2) is 66.5 Å². The normalized spacial score (nSPS) is 15.2. The van der Waals surface area contributed by atoms with Crippen LogP contribution in [0.25, 0.3) is 23.0 Å². The maximum absolute atomic E-state index is 12.0. The van der Waals surface area contributed by atoms with Crippen LogP contribution < -0.4 is 10.6 Å². The summed E-state index contributed by atoms with van der Waals surface area (Å²) in [5.74, 6) is -0.238. The van der Waals surface area contributed by atoms with Gasteiger partial charge in [-0.2, -0.15) is 5.10 Å². The molecule has 6 heteroatoms. The van der Waals surface area contributed by atoms with Gasteiger partial charge in [-0.1, -0.05) is 42.0 Å². The summed E-state index contributed by atoms with van der Waals surface area (Å²) in [4.78, 5) is 12.0. The summed E-state index contributed by atoms with van der Waals surface area (Å²) >= 11 is 5.01. The summed E-state index contributed by atoms with van der Waals surface area (Å²) in [6.07, 6.45) is 3.69. The number of nitrogens with zero attached hydrogens (tertiary/aromatic N) is 2. The number of carbonyl (C=O) groups is 1. The Balaban J connectivity index is 1.86. The third-order valence-electron chi connectivity index (χ3n) is 4.07. The average molecular weight is 360 g/mol. The molecule has 2 aromatic carbocycles. The molecule has 0 atom stereocenters. The molecule has 0 unspecified atom stereocenters. The van der Waals surface area contributed by atoms with Gasteiger partial charge in [-0.05, 0) is 43.4 Å². The molecule has 5 nitrogen and oxygen atoms in total. The molecule has 1 amide bonds. The van der Waals surface area contributed by atoms with E-state index in [1.807, 2.05) is 66.3 Å². The van der Waals surface area contributed by atoms with Crippen LogP contribution in [-0.4, -0.2) is 20.8 Å². The fourth-order valence-corrected chi connectivity index (χ4v) is 3.06. The largest absolute Gasteiger partial charge is 0.328 e. The number of nitrogens with one attached hydrogen (secondary N) is 2. The number of benzene rings is 2. The van der Waals surface area contributed by atoms with Gasteiger partial charge in [-0.25, -0.2) is 4.68 Å². The van der Waals surface area contributed by atoms with Crippen molar-refractivity contribution in [3.8, 4) is 16.9 Å². The quantitative estimate of drug-likeness (QED) is 0.556. The van der Waals surface area contributed by atoms with Crippen molar-refractivity contribution in [3.05, 3.63) is 77.6 Å². The number of para-hydroxylation sites is 1. The van der Waals surface area contributed by atoms with Crippen LogP contribution in [0.5, 0.6) is 0 Å². The Hall–Kier alpha value is -3.25. The summed E-state index contributed by atoms with van der Waals surface area (Å²) in [5, 5.41) is 10.5. The molecule has 4 rings (SSSR count). The molecule has 26 heavy (non-hydrogen) atoms. The lowest BCUT2D eigenvalue weighted by molar-refractivity contribution is -0.115. The highest BCUT2D eigenvalue weighted by atomic mass is 32.1. The van der Waals surface area contributed by atoms with Gasteiger partial charge in [0.15, 0.2) is 5.11 Å². The van der Waals surface area contributed by atoms with Gasteiger partial charge >= 0.3 is 0 Å². The summed E-state index contributed by atoms with van der Waals surface area (Å²) in [6, 6.07) is 18.0. The minimum atomic E-state index is -0.238. The maximum atomic E-state index is 12.0. The Morgan fingerprint density at radius 1 is 1.08 bits per heavy atom. The van der Waals surface area contributed by atoms with Gasteiger partial charge in [-0.15, -0.1) is 0 Å². The second-order valence-electron chi connectivity index (χ2n) is 6.05. The van der Waals surface area contributed by atoms with Gasteiger partial charge in [0.2, 0.25) is 0 Å². The summed E-state index contributed by atoms with van der Waals surface area (Å²) in [6.45, 7) is 2.04. The first-order valence-corrected chi connectivity index (χ1v) is 8.57. The molecule has 0 saturated carbocycles. The Labute approximate surface area is 156 Å². The lowest BCUT2D eigenvalue weighted by Gasteiger charge is -2.02. The van der Waals surface area contributed by atoms with Crippen molar-refractivity contribution in [2.24, 2.45) is 0 Å². The van der Waals surface area contributed by atoms with E-state index in [4.69, 9.17) is 17.3 Å². The van der Waals surface area contributed by atoms with E-state index in [1.165, 1.54) is 0 Å². The topological polar surface area (TPSA) is 59.0 Å². The predicted molar refractivity (Wildman–Crippen MR) is 106 cm³/mol. The molecule has 128 valence electrons. The van der Waals surface area contributed by atoms with Crippen molar-refractivity contribution in [2.75, 3.05) is 0 Å².